The summed E-state index contributed by atoms with van der Waals surface area (Å²) in [7, 11) is 0. The van der Waals surface area contributed by atoms with Gasteiger partial charge in [0.15, 0.2) is 5.69 Å². The van der Waals surface area contributed by atoms with Crippen molar-refractivity contribution in [2.45, 2.75) is 6.18 Å². The van der Waals surface area contributed by atoms with E-state index in [2.05, 4.69) is 15.3 Å². The number of anilines is 3. The molecule has 112 valence electrons. The molecule has 0 fully saturated rings. The highest BCUT2D eigenvalue weighted by molar-refractivity contribution is 6.35. The second kappa shape index (κ2) is 5.92. The monoisotopic (exact) mass is 337 g/mol. The summed E-state index contributed by atoms with van der Waals surface area (Å²) in [5, 5.41) is 3.31. The number of nitrogens with one attached hydrogen (secondary N) is 2. The number of benzene rings is 1. The molecule has 1 aromatic heterocycles. The van der Waals surface area contributed by atoms with E-state index in [0.717, 1.165) is 6.07 Å². The number of alkyl halides is 3. The lowest BCUT2D eigenvalue weighted by molar-refractivity contribution is -0.141. The van der Waals surface area contributed by atoms with Crippen molar-refractivity contribution in [3.05, 3.63) is 40.0 Å². The quantitative estimate of drug-likeness (QED) is 0.586. The molecule has 2 aromatic rings. The zero-order valence-electron chi connectivity index (χ0n) is 10.2. The van der Waals surface area contributed by atoms with Gasteiger partial charge in [-0.2, -0.15) is 18.2 Å². The Morgan fingerprint density at radius 1 is 1.00 bits per heavy atom. The van der Waals surface area contributed by atoms with Gasteiger partial charge in [0.05, 0.1) is 0 Å². The van der Waals surface area contributed by atoms with Gasteiger partial charge < -0.3 is 5.32 Å². The Balaban J connectivity index is 2.39. The first-order valence-corrected chi connectivity index (χ1v) is 6.19. The average molecular weight is 338 g/mol. The lowest BCUT2D eigenvalue weighted by Gasteiger charge is -2.11. The van der Waals surface area contributed by atoms with Gasteiger partial charge in [0, 0.05) is 21.8 Å². The molecule has 0 amide bonds. The molecule has 0 bridgehead atoms. The molecule has 2 rings (SSSR count). The minimum Gasteiger partial charge on any atom is -0.340 e. The Hall–Kier alpha value is -1.77. The van der Waals surface area contributed by atoms with Gasteiger partial charge in [-0.1, -0.05) is 23.2 Å². The molecule has 0 saturated heterocycles. The van der Waals surface area contributed by atoms with Crippen LogP contribution in [0.1, 0.15) is 5.69 Å². The number of rotatable bonds is 3. The number of nitrogens with zero attached hydrogens (tertiary/aromatic N) is 2. The van der Waals surface area contributed by atoms with Crippen LogP contribution < -0.4 is 16.6 Å². The van der Waals surface area contributed by atoms with E-state index in [0.29, 0.717) is 15.7 Å². The average Bonchev–Trinajstić information content (AvgIpc) is 2.36. The molecular formula is C11H8Cl2F3N5. The molecule has 21 heavy (non-hydrogen) atoms. The van der Waals surface area contributed by atoms with Crippen molar-refractivity contribution in [1.82, 2.24) is 9.97 Å². The Morgan fingerprint density at radius 3 is 2.14 bits per heavy atom. The highest BCUT2D eigenvalue weighted by Gasteiger charge is 2.33. The Labute approximate surface area is 127 Å². The molecule has 0 unspecified atom stereocenters. The molecule has 0 saturated carbocycles. The lowest BCUT2D eigenvalue weighted by Crippen LogP contribution is -2.16. The van der Waals surface area contributed by atoms with Crippen LogP contribution in [0.25, 0.3) is 0 Å². The number of hydrogen-bond acceptors (Lipinski definition) is 5. The number of aromatic nitrogens is 2. The van der Waals surface area contributed by atoms with Crippen LogP contribution in [0.3, 0.4) is 0 Å². The van der Waals surface area contributed by atoms with E-state index in [4.69, 9.17) is 29.0 Å². The van der Waals surface area contributed by atoms with Gasteiger partial charge in [-0.15, -0.1) is 0 Å². The lowest BCUT2D eigenvalue weighted by atomic mass is 10.3. The standard InChI is InChI=1S/C11H8Cl2F3N5/c12-5-1-6(13)3-7(2-5)18-9-4-8(11(14,15)16)19-10(20-9)21-17/h1-4H,17H2,(H2,18,19,20,21). The zero-order valence-corrected chi connectivity index (χ0v) is 11.7. The van der Waals surface area contributed by atoms with Crippen LogP contribution in [0.5, 0.6) is 0 Å². The van der Waals surface area contributed by atoms with Crippen LogP contribution in [0.15, 0.2) is 24.3 Å². The summed E-state index contributed by atoms with van der Waals surface area (Å²) in [6.07, 6.45) is -4.63. The van der Waals surface area contributed by atoms with E-state index in [-0.39, 0.29) is 11.8 Å². The molecule has 1 aromatic carbocycles. The first kappa shape index (κ1) is 15.6. The van der Waals surface area contributed by atoms with E-state index in [1.807, 2.05) is 5.43 Å². The maximum atomic E-state index is 12.7. The van der Waals surface area contributed by atoms with Crippen molar-refractivity contribution in [3.8, 4) is 0 Å². The number of nitrogens with two attached hydrogens (primary N) is 1. The van der Waals surface area contributed by atoms with Gasteiger partial charge in [0.2, 0.25) is 5.95 Å². The molecule has 0 aliphatic rings. The van der Waals surface area contributed by atoms with Crippen LogP contribution in [0.2, 0.25) is 10.0 Å². The van der Waals surface area contributed by atoms with Gasteiger partial charge in [-0.25, -0.2) is 10.8 Å². The van der Waals surface area contributed by atoms with Crippen molar-refractivity contribution in [1.29, 1.82) is 0 Å². The molecule has 0 aliphatic carbocycles. The van der Waals surface area contributed by atoms with E-state index in [1.165, 1.54) is 18.2 Å². The topological polar surface area (TPSA) is 75.9 Å². The summed E-state index contributed by atoms with van der Waals surface area (Å²) < 4.78 is 38.2. The molecular weight excluding hydrogens is 330 g/mol. The fourth-order valence-electron chi connectivity index (χ4n) is 1.49. The van der Waals surface area contributed by atoms with Gasteiger partial charge in [-0.3, -0.25) is 5.43 Å². The third-order valence-corrected chi connectivity index (χ3v) is 2.72. The van der Waals surface area contributed by atoms with E-state index in [9.17, 15) is 13.2 Å². The molecule has 1 heterocycles. The van der Waals surface area contributed by atoms with Crippen molar-refractivity contribution in [2.75, 3.05) is 10.7 Å². The van der Waals surface area contributed by atoms with Gasteiger partial charge in [-0.05, 0) is 18.2 Å². The second-order valence-electron chi connectivity index (χ2n) is 3.89. The summed E-state index contributed by atoms with van der Waals surface area (Å²) in [6, 6.07) is 5.20. The van der Waals surface area contributed by atoms with Crippen molar-refractivity contribution >= 4 is 40.7 Å². The summed E-state index contributed by atoms with van der Waals surface area (Å²) >= 11 is 11.6. The molecule has 0 radical (unpaired) electrons. The Bertz CT molecular complexity index is 643. The fraction of sp³-hybridized carbons (Fsp3) is 0.0909. The maximum absolute atomic E-state index is 12.7. The summed E-state index contributed by atoms with van der Waals surface area (Å²) in [5.41, 5.74) is 1.21. The minimum atomic E-state index is -4.63. The normalized spacial score (nSPS) is 11.3. The third-order valence-electron chi connectivity index (χ3n) is 2.28. The van der Waals surface area contributed by atoms with Crippen LogP contribution in [0.4, 0.5) is 30.6 Å². The van der Waals surface area contributed by atoms with Gasteiger partial charge >= 0.3 is 6.18 Å². The number of hydrogen-bond donors (Lipinski definition) is 3. The van der Waals surface area contributed by atoms with Crippen LogP contribution in [0, 0.1) is 0 Å². The third kappa shape index (κ3) is 4.10. The predicted octanol–water partition coefficient (Wildman–Crippen LogP) is 3.83. The van der Waals surface area contributed by atoms with Crippen LogP contribution in [-0.2, 0) is 6.18 Å². The zero-order chi connectivity index (χ0) is 15.6. The molecule has 0 atom stereocenters. The Kier molecular flexibility index (Phi) is 4.40. The van der Waals surface area contributed by atoms with E-state index >= 15 is 0 Å². The maximum Gasteiger partial charge on any atom is 0.433 e. The molecule has 0 spiro atoms. The smallest absolute Gasteiger partial charge is 0.340 e. The fourth-order valence-corrected chi connectivity index (χ4v) is 2.02. The minimum absolute atomic E-state index is 0.108. The van der Waals surface area contributed by atoms with Crippen molar-refractivity contribution < 1.29 is 13.2 Å². The summed E-state index contributed by atoms with van der Waals surface area (Å²) in [4.78, 5) is 7.01. The molecule has 5 nitrogen and oxygen atoms in total. The molecule has 10 heteroatoms. The number of hydrazine groups is 1. The van der Waals surface area contributed by atoms with Gasteiger partial charge in [0.1, 0.15) is 5.82 Å². The summed E-state index contributed by atoms with van der Waals surface area (Å²) in [6.45, 7) is 0. The predicted molar refractivity (Wildman–Crippen MR) is 74.6 cm³/mol. The van der Waals surface area contributed by atoms with E-state index < -0.39 is 11.9 Å². The number of nitrogen functional groups attached to an aromatic ring is 1. The largest absolute Gasteiger partial charge is 0.433 e. The van der Waals surface area contributed by atoms with Crippen LogP contribution in [-0.4, -0.2) is 9.97 Å². The first-order chi connectivity index (χ1) is 9.77. The second-order valence-corrected chi connectivity index (χ2v) is 4.76. The summed E-state index contributed by atoms with van der Waals surface area (Å²) in [5.74, 6) is 4.58. The van der Waals surface area contributed by atoms with E-state index in [1.54, 1.807) is 0 Å². The highest BCUT2D eigenvalue weighted by atomic mass is 35.5. The van der Waals surface area contributed by atoms with Crippen LogP contribution >= 0.6 is 23.2 Å². The Morgan fingerprint density at radius 2 is 1.62 bits per heavy atom. The molecule has 0 aliphatic heterocycles. The van der Waals surface area contributed by atoms with Crippen molar-refractivity contribution in [2.24, 2.45) is 5.84 Å². The number of halogens is 5. The first-order valence-electron chi connectivity index (χ1n) is 5.44. The SMILES string of the molecule is NNc1nc(Nc2cc(Cl)cc(Cl)c2)cc(C(F)(F)F)n1. The highest BCUT2D eigenvalue weighted by Crippen LogP contribution is 2.31. The van der Waals surface area contributed by atoms with Crippen molar-refractivity contribution in [3.63, 3.8) is 0 Å². The molecule has 4 N–H and O–H groups in total. The van der Waals surface area contributed by atoms with Gasteiger partial charge in [0.25, 0.3) is 0 Å².